The molecule has 3 heterocycles. The lowest BCUT2D eigenvalue weighted by atomic mass is 10.2. The van der Waals surface area contributed by atoms with Gasteiger partial charge in [0.15, 0.2) is 0 Å². The smallest absolute Gasteiger partial charge is 0.343 e. The molecule has 25 heavy (non-hydrogen) atoms. The van der Waals surface area contributed by atoms with Crippen molar-refractivity contribution in [3.8, 4) is 0 Å². The van der Waals surface area contributed by atoms with Crippen LogP contribution in [0.1, 0.15) is 31.1 Å². The van der Waals surface area contributed by atoms with Crippen molar-refractivity contribution in [2.45, 2.75) is 33.4 Å². The van der Waals surface area contributed by atoms with E-state index in [2.05, 4.69) is 20.2 Å². The highest BCUT2D eigenvalue weighted by molar-refractivity contribution is 5.93. The summed E-state index contributed by atoms with van der Waals surface area (Å²) in [5.41, 5.74) is 0.163. The first-order chi connectivity index (χ1) is 12.0. The fourth-order valence-electron chi connectivity index (χ4n) is 2.84. The summed E-state index contributed by atoms with van der Waals surface area (Å²) in [5.74, 6) is -0.0108. The van der Waals surface area contributed by atoms with Crippen molar-refractivity contribution in [2.24, 2.45) is 0 Å². The fourth-order valence-corrected chi connectivity index (χ4v) is 2.84. The van der Waals surface area contributed by atoms with Crippen LogP contribution in [-0.2, 0) is 11.3 Å². The molecule has 0 aliphatic carbocycles. The van der Waals surface area contributed by atoms with Gasteiger partial charge in [-0.1, -0.05) is 0 Å². The number of aromatic nitrogens is 3. The number of esters is 1. The Bertz CT molecular complexity index is 840. The Morgan fingerprint density at radius 3 is 2.72 bits per heavy atom. The lowest BCUT2D eigenvalue weighted by Gasteiger charge is -2.27. The van der Waals surface area contributed by atoms with E-state index in [0.717, 1.165) is 26.2 Å². The van der Waals surface area contributed by atoms with Gasteiger partial charge < -0.3 is 19.5 Å². The number of hydrogen-bond donors (Lipinski definition) is 1. The molecule has 1 saturated heterocycles. The standard InChI is InChI=1S/C17H23N5O3/c1-4-21-10-13(16(24)25-11(2)3)14(23)12-9-19-17(20-15(12)21)22-7-5-18-6-8-22/h9-11,18H,4-8H2,1-3H3. The molecule has 0 amide bonds. The molecule has 0 atom stereocenters. The first-order valence-corrected chi connectivity index (χ1v) is 8.58. The number of carbonyl (C=O) groups is 1. The van der Waals surface area contributed by atoms with Crippen LogP contribution in [-0.4, -0.2) is 52.8 Å². The lowest BCUT2D eigenvalue weighted by Crippen LogP contribution is -2.44. The molecule has 0 bridgehead atoms. The first-order valence-electron chi connectivity index (χ1n) is 8.58. The van der Waals surface area contributed by atoms with E-state index >= 15 is 0 Å². The molecule has 0 radical (unpaired) electrons. The van der Waals surface area contributed by atoms with Crippen LogP contribution in [0, 0.1) is 0 Å². The molecule has 1 aliphatic rings. The number of rotatable bonds is 4. The number of nitrogens with one attached hydrogen (secondary N) is 1. The first kappa shape index (κ1) is 17.3. The van der Waals surface area contributed by atoms with Gasteiger partial charge in [0.05, 0.1) is 11.5 Å². The number of hydrogen-bond acceptors (Lipinski definition) is 7. The number of aryl methyl sites for hydroxylation is 1. The summed E-state index contributed by atoms with van der Waals surface area (Å²) in [6.07, 6.45) is 2.76. The van der Waals surface area contributed by atoms with E-state index in [-0.39, 0.29) is 11.7 Å². The van der Waals surface area contributed by atoms with Gasteiger partial charge in [-0.2, -0.15) is 4.98 Å². The highest BCUT2D eigenvalue weighted by Gasteiger charge is 2.20. The second-order valence-corrected chi connectivity index (χ2v) is 6.26. The van der Waals surface area contributed by atoms with Crippen LogP contribution in [0.5, 0.6) is 0 Å². The fraction of sp³-hybridized carbons (Fsp3) is 0.529. The van der Waals surface area contributed by atoms with Gasteiger partial charge in [0.2, 0.25) is 11.4 Å². The molecule has 8 heteroatoms. The molecular formula is C17H23N5O3. The van der Waals surface area contributed by atoms with E-state index < -0.39 is 11.4 Å². The minimum absolute atomic E-state index is 0.0153. The summed E-state index contributed by atoms with van der Waals surface area (Å²) in [6.45, 7) is 9.41. The molecule has 1 N–H and O–H groups in total. The molecule has 2 aromatic heterocycles. The Morgan fingerprint density at radius 2 is 2.08 bits per heavy atom. The van der Waals surface area contributed by atoms with Gasteiger partial charge in [0.1, 0.15) is 11.2 Å². The normalized spacial score (nSPS) is 15.0. The van der Waals surface area contributed by atoms with Crippen molar-refractivity contribution in [3.05, 3.63) is 28.2 Å². The quantitative estimate of drug-likeness (QED) is 0.819. The zero-order valence-electron chi connectivity index (χ0n) is 14.8. The Labute approximate surface area is 145 Å². The average Bonchev–Trinajstić information content (AvgIpc) is 2.62. The zero-order valence-corrected chi connectivity index (χ0v) is 14.8. The predicted octanol–water partition coefficient (Wildman–Crippen LogP) is 0.786. The lowest BCUT2D eigenvalue weighted by molar-refractivity contribution is 0.0375. The van der Waals surface area contributed by atoms with Crippen molar-refractivity contribution < 1.29 is 9.53 Å². The Balaban J connectivity index is 2.08. The highest BCUT2D eigenvalue weighted by Crippen LogP contribution is 2.15. The molecule has 0 aromatic carbocycles. The molecule has 2 aromatic rings. The van der Waals surface area contributed by atoms with Gasteiger partial charge in [-0.3, -0.25) is 4.79 Å². The maximum Gasteiger partial charge on any atom is 0.343 e. The second-order valence-electron chi connectivity index (χ2n) is 6.26. The van der Waals surface area contributed by atoms with Crippen molar-refractivity contribution in [3.63, 3.8) is 0 Å². The van der Waals surface area contributed by atoms with Crippen LogP contribution >= 0.6 is 0 Å². The zero-order chi connectivity index (χ0) is 18.0. The summed E-state index contributed by atoms with van der Waals surface area (Å²) >= 11 is 0. The summed E-state index contributed by atoms with van der Waals surface area (Å²) < 4.78 is 6.97. The average molecular weight is 345 g/mol. The number of carbonyl (C=O) groups excluding carboxylic acids is 1. The molecule has 0 spiro atoms. The van der Waals surface area contributed by atoms with Crippen LogP contribution < -0.4 is 15.6 Å². The predicted molar refractivity (Wildman–Crippen MR) is 95.1 cm³/mol. The summed E-state index contributed by atoms with van der Waals surface area (Å²) in [5, 5.41) is 3.62. The Kier molecular flexibility index (Phi) is 4.98. The van der Waals surface area contributed by atoms with Crippen LogP contribution in [0.2, 0.25) is 0 Å². The SMILES string of the molecule is CCn1cc(C(=O)OC(C)C)c(=O)c2cnc(N3CCNCC3)nc21. The number of ether oxygens (including phenoxy) is 1. The molecule has 1 aliphatic heterocycles. The molecule has 0 saturated carbocycles. The maximum atomic E-state index is 12.7. The van der Waals surface area contributed by atoms with Crippen LogP contribution in [0.4, 0.5) is 5.95 Å². The molecule has 8 nitrogen and oxygen atoms in total. The number of anilines is 1. The van der Waals surface area contributed by atoms with Gasteiger partial charge in [-0.05, 0) is 20.8 Å². The van der Waals surface area contributed by atoms with E-state index in [1.807, 2.05) is 6.92 Å². The molecule has 1 fully saturated rings. The monoisotopic (exact) mass is 345 g/mol. The molecule has 3 rings (SSSR count). The number of pyridine rings is 1. The molecular weight excluding hydrogens is 322 g/mol. The largest absolute Gasteiger partial charge is 0.459 e. The van der Waals surface area contributed by atoms with Crippen molar-refractivity contribution in [2.75, 3.05) is 31.1 Å². The summed E-state index contributed by atoms with van der Waals surface area (Å²) in [7, 11) is 0. The van der Waals surface area contributed by atoms with E-state index in [4.69, 9.17) is 4.74 Å². The Morgan fingerprint density at radius 1 is 1.36 bits per heavy atom. The van der Waals surface area contributed by atoms with Gasteiger partial charge >= 0.3 is 5.97 Å². The third-order valence-corrected chi connectivity index (χ3v) is 4.11. The van der Waals surface area contributed by atoms with Crippen LogP contribution in [0.3, 0.4) is 0 Å². The third-order valence-electron chi connectivity index (χ3n) is 4.11. The molecule has 134 valence electrons. The van der Waals surface area contributed by atoms with Gasteiger partial charge in [0, 0.05) is 45.1 Å². The highest BCUT2D eigenvalue weighted by atomic mass is 16.5. The van der Waals surface area contributed by atoms with Crippen molar-refractivity contribution in [1.29, 1.82) is 0 Å². The van der Waals surface area contributed by atoms with E-state index in [9.17, 15) is 9.59 Å². The number of fused-ring (bicyclic) bond motifs is 1. The van der Waals surface area contributed by atoms with Gasteiger partial charge in [0.25, 0.3) is 0 Å². The maximum absolute atomic E-state index is 12.7. The Hall–Kier alpha value is -2.48. The van der Waals surface area contributed by atoms with Gasteiger partial charge in [-0.25, -0.2) is 9.78 Å². The van der Waals surface area contributed by atoms with Gasteiger partial charge in [-0.15, -0.1) is 0 Å². The van der Waals surface area contributed by atoms with Crippen LogP contribution in [0.15, 0.2) is 17.2 Å². The van der Waals surface area contributed by atoms with Crippen molar-refractivity contribution >= 4 is 23.0 Å². The third kappa shape index (κ3) is 3.48. The van der Waals surface area contributed by atoms with E-state index in [1.54, 1.807) is 18.4 Å². The van der Waals surface area contributed by atoms with Crippen molar-refractivity contribution in [1.82, 2.24) is 19.9 Å². The summed E-state index contributed by atoms with van der Waals surface area (Å²) in [4.78, 5) is 35.9. The van der Waals surface area contributed by atoms with Crippen LogP contribution in [0.25, 0.3) is 11.0 Å². The minimum atomic E-state index is -0.615. The van der Waals surface area contributed by atoms with E-state index in [0.29, 0.717) is 23.5 Å². The number of piperazine rings is 1. The number of nitrogens with zero attached hydrogens (tertiary/aromatic N) is 4. The topological polar surface area (TPSA) is 89.3 Å². The molecule has 0 unspecified atom stereocenters. The second kappa shape index (κ2) is 7.18. The van der Waals surface area contributed by atoms with E-state index in [1.165, 1.54) is 12.4 Å². The minimum Gasteiger partial charge on any atom is -0.459 e. The summed E-state index contributed by atoms with van der Waals surface area (Å²) in [6, 6.07) is 0.